The van der Waals surface area contributed by atoms with Gasteiger partial charge in [0, 0.05) is 6.42 Å². The maximum absolute atomic E-state index is 13.2. The number of hydrogen-bond acceptors (Lipinski definition) is 5. The highest BCUT2D eigenvalue weighted by molar-refractivity contribution is 5.77. The average Bonchev–Trinajstić information content (AvgIpc) is 3.30. The number of aliphatic hydroxyl groups is 2. The van der Waals surface area contributed by atoms with E-state index < -0.39 is 18.2 Å². The molecule has 0 heterocycles. The summed E-state index contributed by atoms with van der Waals surface area (Å²) in [6.07, 6.45) is 64.6. The lowest BCUT2D eigenvalue weighted by atomic mass is 10.0. The molecule has 0 bridgehead atoms. The number of esters is 1. The minimum absolute atomic E-state index is 0.0586. The van der Waals surface area contributed by atoms with Gasteiger partial charge >= 0.3 is 5.97 Å². The van der Waals surface area contributed by atoms with Gasteiger partial charge in [-0.25, -0.2) is 0 Å². The SMILES string of the molecule is CCCCC/C=C/C=C/CCCCCCC(CC(=O)NC(CO)C(O)CCCCCCCCCCCCCCCCC)OC(=O)CCCCCCC/C=C/C=C/CCCCCCCCC. The van der Waals surface area contributed by atoms with Gasteiger partial charge in [-0.2, -0.15) is 0 Å². The summed E-state index contributed by atoms with van der Waals surface area (Å²) in [7, 11) is 0. The number of hydrogen-bond donors (Lipinski definition) is 3. The Morgan fingerprint density at radius 1 is 0.446 bits per heavy atom. The monoisotopic (exact) mass is 912 g/mol. The zero-order valence-corrected chi connectivity index (χ0v) is 43.4. The summed E-state index contributed by atoms with van der Waals surface area (Å²) < 4.78 is 5.94. The van der Waals surface area contributed by atoms with Crippen LogP contribution in [0.1, 0.15) is 290 Å². The van der Waals surface area contributed by atoms with Crippen LogP contribution in [0.3, 0.4) is 0 Å². The van der Waals surface area contributed by atoms with Crippen molar-refractivity contribution in [1.29, 1.82) is 0 Å². The molecule has 65 heavy (non-hydrogen) atoms. The molecule has 0 saturated heterocycles. The van der Waals surface area contributed by atoms with Crippen LogP contribution in [0.4, 0.5) is 0 Å². The first-order chi connectivity index (χ1) is 32.0. The Kier molecular flexibility index (Phi) is 51.0. The number of carbonyl (C=O) groups is 2. The van der Waals surface area contributed by atoms with Crippen LogP contribution in [0.5, 0.6) is 0 Å². The maximum atomic E-state index is 13.2. The zero-order valence-electron chi connectivity index (χ0n) is 43.4. The molecule has 0 aliphatic heterocycles. The molecule has 3 atom stereocenters. The van der Waals surface area contributed by atoms with Gasteiger partial charge in [0.2, 0.25) is 5.91 Å². The third kappa shape index (κ3) is 48.1. The molecule has 3 N–H and O–H groups in total. The number of nitrogens with one attached hydrogen (secondary N) is 1. The highest BCUT2D eigenvalue weighted by atomic mass is 16.5. The minimum Gasteiger partial charge on any atom is -0.462 e. The van der Waals surface area contributed by atoms with Crippen molar-refractivity contribution in [3.63, 3.8) is 0 Å². The van der Waals surface area contributed by atoms with Gasteiger partial charge in [-0.15, -0.1) is 0 Å². The van der Waals surface area contributed by atoms with E-state index in [9.17, 15) is 19.8 Å². The number of ether oxygens (including phenoxy) is 1. The van der Waals surface area contributed by atoms with Gasteiger partial charge in [0.25, 0.3) is 0 Å². The second-order valence-electron chi connectivity index (χ2n) is 19.4. The van der Waals surface area contributed by atoms with E-state index in [1.165, 1.54) is 154 Å². The number of allylic oxidation sites excluding steroid dienone is 8. The molecule has 6 heteroatoms. The topological polar surface area (TPSA) is 95.9 Å². The van der Waals surface area contributed by atoms with E-state index in [-0.39, 0.29) is 24.9 Å². The molecular formula is C59H109NO5. The van der Waals surface area contributed by atoms with Crippen LogP contribution < -0.4 is 5.32 Å². The molecule has 0 aromatic heterocycles. The summed E-state index contributed by atoms with van der Waals surface area (Å²) in [5.41, 5.74) is 0. The molecule has 0 saturated carbocycles. The number of unbranched alkanes of at least 4 members (excludes halogenated alkanes) is 33. The molecule has 0 aromatic rings. The van der Waals surface area contributed by atoms with Crippen molar-refractivity contribution in [2.24, 2.45) is 0 Å². The standard InChI is InChI=1S/C59H109NO5/c1-4-7-10-13-16-19-22-25-27-28-29-31-34-37-40-43-46-49-52-59(64)65-55(50-47-44-41-38-35-32-24-21-18-15-12-9-6-3)53-58(63)60-56(54-61)57(62)51-48-45-42-39-36-33-30-26-23-20-17-14-11-8-5-2/h18,21,24,27-29,31-32,55-57,61-62H,4-17,19-20,22-23,25-26,30,33-54H2,1-3H3,(H,60,63)/b21-18+,28-27+,31-29+,32-24+. The van der Waals surface area contributed by atoms with E-state index in [1.807, 2.05) is 0 Å². The van der Waals surface area contributed by atoms with Crippen molar-refractivity contribution < 1.29 is 24.5 Å². The molecule has 0 radical (unpaired) electrons. The van der Waals surface area contributed by atoms with E-state index >= 15 is 0 Å². The van der Waals surface area contributed by atoms with Gasteiger partial charge in [0.05, 0.1) is 25.2 Å². The van der Waals surface area contributed by atoms with Crippen LogP contribution in [0.25, 0.3) is 0 Å². The van der Waals surface area contributed by atoms with Crippen molar-refractivity contribution >= 4 is 11.9 Å². The van der Waals surface area contributed by atoms with Crippen LogP contribution in [0.2, 0.25) is 0 Å². The third-order valence-corrected chi connectivity index (χ3v) is 12.9. The molecule has 0 aliphatic rings. The fourth-order valence-electron chi connectivity index (χ4n) is 8.59. The average molecular weight is 913 g/mol. The fourth-order valence-corrected chi connectivity index (χ4v) is 8.59. The summed E-state index contributed by atoms with van der Waals surface area (Å²) >= 11 is 0. The second-order valence-corrected chi connectivity index (χ2v) is 19.4. The highest BCUT2D eigenvalue weighted by Gasteiger charge is 2.24. The normalized spacial score (nSPS) is 13.5. The van der Waals surface area contributed by atoms with E-state index in [0.717, 1.165) is 89.9 Å². The quantitative estimate of drug-likeness (QED) is 0.0321. The lowest BCUT2D eigenvalue weighted by Crippen LogP contribution is -2.46. The summed E-state index contributed by atoms with van der Waals surface area (Å²) in [6.45, 7) is 6.46. The van der Waals surface area contributed by atoms with Gasteiger partial charge < -0.3 is 20.3 Å². The molecule has 0 fully saturated rings. The van der Waals surface area contributed by atoms with Gasteiger partial charge in [-0.1, -0.05) is 249 Å². The van der Waals surface area contributed by atoms with Crippen LogP contribution in [0, 0.1) is 0 Å². The van der Waals surface area contributed by atoms with E-state index in [2.05, 4.69) is 74.7 Å². The Balaban J connectivity index is 4.57. The van der Waals surface area contributed by atoms with Crippen LogP contribution in [0.15, 0.2) is 48.6 Å². The van der Waals surface area contributed by atoms with Crippen molar-refractivity contribution in [2.45, 2.75) is 309 Å². The van der Waals surface area contributed by atoms with Crippen molar-refractivity contribution in [3.8, 4) is 0 Å². The fraction of sp³-hybridized carbons (Fsp3) is 0.831. The molecule has 3 unspecified atom stereocenters. The summed E-state index contributed by atoms with van der Waals surface area (Å²) in [5, 5.41) is 23.8. The Morgan fingerprint density at radius 3 is 1.17 bits per heavy atom. The highest BCUT2D eigenvalue weighted by Crippen LogP contribution is 2.18. The molecule has 0 aliphatic carbocycles. The van der Waals surface area contributed by atoms with Crippen LogP contribution in [-0.2, 0) is 14.3 Å². The molecule has 0 aromatic carbocycles. The maximum Gasteiger partial charge on any atom is 0.306 e. The van der Waals surface area contributed by atoms with E-state index in [0.29, 0.717) is 19.3 Å². The Bertz CT molecular complexity index is 1110. The lowest BCUT2D eigenvalue weighted by Gasteiger charge is -2.24. The van der Waals surface area contributed by atoms with Gasteiger partial charge in [-0.3, -0.25) is 9.59 Å². The molecule has 0 spiro atoms. The van der Waals surface area contributed by atoms with Crippen molar-refractivity contribution in [3.05, 3.63) is 48.6 Å². The minimum atomic E-state index is -0.796. The number of carbonyl (C=O) groups excluding carboxylic acids is 2. The summed E-state index contributed by atoms with van der Waals surface area (Å²) in [6, 6.07) is -0.712. The Hall–Kier alpha value is -2.18. The zero-order chi connectivity index (χ0) is 47.4. The Morgan fingerprint density at radius 2 is 0.769 bits per heavy atom. The lowest BCUT2D eigenvalue weighted by molar-refractivity contribution is -0.151. The third-order valence-electron chi connectivity index (χ3n) is 12.9. The van der Waals surface area contributed by atoms with E-state index in [1.54, 1.807) is 0 Å². The van der Waals surface area contributed by atoms with Gasteiger partial charge in [0.15, 0.2) is 0 Å². The Labute approximate surface area is 404 Å². The number of aliphatic hydroxyl groups excluding tert-OH is 2. The molecule has 380 valence electrons. The largest absolute Gasteiger partial charge is 0.462 e. The van der Waals surface area contributed by atoms with Crippen molar-refractivity contribution in [1.82, 2.24) is 5.32 Å². The van der Waals surface area contributed by atoms with Crippen LogP contribution >= 0.6 is 0 Å². The second kappa shape index (κ2) is 52.8. The number of rotatable bonds is 51. The van der Waals surface area contributed by atoms with E-state index in [4.69, 9.17) is 4.74 Å². The first-order valence-electron chi connectivity index (χ1n) is 28.4. The van der Waals surface area contributed by atoms with Gasteiger partial charge in [-0.05, 0) is 77.0 Å². The van der Waals surface area contributed by atoms with Crippen LogP contribution in [-0.4, -0.2) is 46.9 Å². The summed E-state index contributed by atoms with van der Waals surface area (Å²) in [5.74, 6) is -0.503. The smallest absolute Gasteiger partial charge is 0.306 e. The molecule has 0 rings (SSSR count). The predicted molar refractivity (Wildman–Crippen MR) is 282 cm³/mol. The summed E-state index contributed by atoms with van der Waals surface area (Å²) in [4.78, 5) is 26.2. The number of amides is 1. The first kappa shape index (κ1) is 62.8. The molecule has 6 nitrogen and oxygen atoms in total. The molecule has 1 amide bonds. The van der Waals surface area contributed by atoms with Crippen molar-refractivity contribution in [2.75, 3.05) is 6.61 Å². The van der Waals surface area contributed by atoms with Gasteiger partial charge in [0.1, 0.15) is 6.10 Å². The first-order valence-corrected chi connectivity index (χ1v) is 28.4. The predicted octanol–water partition coefficient (Wildman–Crippen LogP) is 17.4. The molecular weight excluding hydrogens is 803 g/mol.